The molecule has 1 saturated carbocycles. The lowest BCUT2D eigenvalue weighted by Gasteiger charge is -2.19. The van der Waals surface area contributed by atoms with Crippen molar-refractivity contribution in [2.45, 2.75) is 37.4 Å². The van der Waals surface area contributed by atoms with Crippen LogP contribution in [0.4, 0.5) is 0 Å². The largest absolute Gasteiger partial charge is 0.287 e. The van der Waals surface area contributed by atoms with Gasteiger partial charge in [0.2, 0.25) is 0 Å². The summed E-state index contributed by atoms with van der Waals surface area (Å²) in [4.78, 5) is 11.7. The van der Waals surface area contributed by atoms with Crippen molar-refractivity contribution >= 4 is 28.6 Å². The Balaban J connectivity index is 1.67. The van der Waals surface area contributed by atoms with Crippen LogP contribution in [0.5, 0.6) is 0 Å². The molecule has 74 valence electrons. The van der Waals surface area contributed by atoms with Gasteiger partial charge in [-0.15, -0.1) is 0 Å². The minimum Gasteiger partial charge on any atom is -0.287 e. The van der Waals surface area contributed by atoms with E-state index in [1.807, 2.05) is 11.8 Å². The number of carbonyl (C=O) groups excluding carboxylic acids is 1. The summed E-state index contributed by atoms with van der Waals surface area (Å²) in [6.07, 6.45) is 6.20. The third-order valence-electron chi connectivity index (χ3n) is 2.75. The number of carbonyl (C=O) groups is 1. The summed E-state index contributed by atoms with van der Waals surface area (Å²) in [5.41, 5.74) is 0. The fourth-order valence-electron chi connectivity index (χ4n) is 1.80. The molecule has 0 radical (unpaired) electrons. The second kappa shape index (κ2) is 4.74. The fourth-order valence-corrected chi connectivity index (χ4v) is 3.73. The Morgan fingerprint density at radius 1 is 1.31 bits per heavy atom. The van der Waals surface area contributed by atoms with Crippen LogP contribution >= 0.6 is 23.5 Å². The minimum atomic E-state index is 0.405. The van der Waals surface area contributed by atoms with E-state index >= 15 is 0 Å². The average Bonchev–Trinajstić information content (AvgIpc) is 2.99. The quantitative estimate of drug-likeness (QED) is 0.675. The van der Waals surface area contributed by atoms with E-state index in [1.165, 1.54) is 25.0 Å². The molecule has 1 aliphatic heterocycles. The molecule has 0 amide bonds. The zero-order chi connectivity index (χ0) is 9.10. The van der Waals surface area contributed by atoms with Gasteiger partial charge in [0.25, 0.3) is 0 Å². The normalized spacial score (nSPS) is 28.8. The summed E-state index contributed by atoms with van der Waals surface area (Å²) in [5.74, 6) is 2.76. The van der Waals surface area contributed by atoms with E-state index in [1.54, 1.807) is 11.8 Å². The second-order valence-corrected chi connectivity index (χ2v) is 6.28. The number of hydrogen-bond donors (Lipinski definition) is 0. The van der Waals surface area contributed by atoms with E-state index in [2.05, 4.69) is 0 Å². The van der Waals surface area contributed by atoms with E-state index in [0.29, 0.717) is 11.0 Å². The number of rotatable bonds is 3. The highest BCUT2D eigenvalue weighted by Gasteiger charge is 2.26. The molecule has 1 atom stereocenters. The summed E-state index contributed by atoms with van der Waals surface area (Å²) in [6, 6.07) is 0. The van der Waals surface area contributed by atoms with E-state index in [0.717, 1.165) is 23.8 Å². The molecule has 2 aliphatic rings. The van der Waals surface area contributed by atoms with Gasteiger partial charge in [-0.05, 0) is 12.8 Å². The van der Waals surface area contributed by atoms with Gasteiger partial charge in [-0.3, -0.25) is 4.79 Å². The molecule has 0 aromatic carbocycles. The van der Waals surface area contributed by atoms with Crippen LogP contribution in [-0.4, -0.2) is 21.9 Å². The number of hydrogen-bond acceptors (Lipinski definition) is 3. The standard InChI is InChI=1S/C10H16OS2/c11-10(13-7-9-6-12-9)8-4-2-1-3-5-8/h8-9H,1-7H2. The van der Waals surface area contributed by atoms with Crippen LogP contribution < -0.4 is 0 Å². The molecule has 0 spiro atoms. The summed E-state index contributed by atoms with van der Waals surface area (Å²) < 4.78 is 0. The van der Waals surface area contributed by atoms with Gasteiger partial charge in [-0.25, -0.2) is 0 Å². The average molecular weight is 216 g/mol. The van der Waals surface area contributed by atoms with Gasteiger partial charge in [-0.2, -0.15) is 11.8 Å². The molecule has 1 heterocycles. The van der Waals surface area contributed by atoms with Crippen molar-refractivity contribution in [1.29, 1.82) is 0 Å². The molecule has 0 aromatic rings. The molecular formula is C10H16OS2. The molecule has 2 fully saturated rings. The first kappa shape index (κ1) is 9.91. The lowest BCUT2D eigenvalue weighted by molar-refractivity contribution is -0.115. The summed E-state index contributed by atoms with van der Waals surface area (Å²) >= 11 is 3.58. The molecule has 0 bridgehead atoms. The zero-order valence-electron chi connectivity index (χ0n) is 7.83. The molecule has 1 saturated heterocycles. The van der Waals surface area contributed by atoms with Gasteiger partial charge in [0, 0.05) is 22.7 Å². The van der Waals surface area contributed by atoms with Crippen LogP contribution in [0.3, 0.4) is 0 Å². The Bertz CT molecular complexity index is 183. The van der Waals surface area contributed by atoms with Crippen LogP contribution in [-0.2, 0) is 4.79 Å². The predicted molar refractivity (Wildman–Crippen MR) is 60.3 cm³/mol. The second-order valence-electron chi connectivity index (χ2n) is 3.92. The first-order chi connectivity index (χ1) is 6.36. The Labute approximate surface area is 88.4 Å². The van der Waals surface area contributed by atoms with Crippen molar-refractivity contribution in [3.8, 4) is 0 Å². The SMILES string of the molecule is O=C(SCC1CS1)C1CCCCC1. The molecule has 1 nitrogen and oxygen atoms in total. The Hall–Kier alpha value is 0.370. The maximum absolute atomic E-state index is 11.7. The molecule has 13 heavy (non-hydrogen) atoms. The topological polar surface area (TPSA) is 17.1 Å². The molecular weight excluding hydrogens is 200 g/mol. The maximum Gasteiger partial charge on any atom is 0.192 e. The first-order valence-corrected chi connectivity index (χ1v) is 7.18. The van der Waals surface area contributed by atoms with Crippen LogP contribution in [0.2, 0.25) is 0 Å². The first-order valence-electron chi connectivity index (χ1n) is 5.14. The van der Waals surface area contributed by atoms with Crippen LogP contribution in [0, 0.1) is 5.92 Å². The lowest BCUT2D eigenvalue weighted by Crippen LogP contribution is -2.15. The Morgan fingerprint density at radius 2 is 2.00 bits per heavy atom. The highest BCUT2D eigenvalue weighted by Crippen LogP contribution is 2.35. The zero-order valence-corrected chi connectivity index (χ0v) is 9.46. The van der Waals surface area contributed by atoms with Crippen molar-refractivity contribution in [3.05, 3.63) is 0 Å². The van der Waals surface area contributed by atoms with E-state index in [4.69, 9.17) is 0 Å². The highest BCUT2D eigenvalue weighted by atomic mass is 32.2. The van der Waals surface area contributed by atoms with E-state index in [9.17, 15) is 4.79 Å². The number of thioether (sulfide) groups is 2. The monoisotopic (exact) mass is 216 g/mol. The van der Waals surface area contributed by atoms with Crippen molar-refractivity contribution in [1.82, 2.24) is 0 Å². The highest BCUT2D eigenvalue weighted by molar-refractivity contribution is 8.15. The van der Waals surface area contributed by atoms with Gasteiger partial charge >= 0.3 is 0 Å². The molecule has 1 unspecified atom stereocenters. The molecule has 3 heteroatoms. The Morgan fingerprint density at radius 3 is 2.62 bits per heavy atom. The smallest absolute Gasteiger partial charge is 0.192 e. The van der Waals surface area contributed by atoms with Gasteiger partial charge < -0.3 is 0 Å². The summed E-state index contributed by atoms with van der Waals surface area (Å²) in [5, 5.41) is 1.28. The van der Waals surface area contributed by atoms with Gasteiger partial charge in [-0.1, -0.05) is 31.0 Å². The molecule has 0 aromatic heterocycles. The molecule has 0 N–H and O–H groups in total. The summed E-state index contributed by atoms with van der Waals surface area (Å²) in [7, 11) is 0. The molecule has 1 aliphatic carbocycles. The van der Waals surface area contributed by atoms with Crippen molar-refractivity contribution in [3.63, 3.8) is 0 Å². The van der Waals surface area contributed by atoms with E-state index < -0.39 is 0 Å². The van der Waals surface area contributed by atoms with E-state index in [-0.39, 0.29) is 0 Å². The van der Waals surface area contributed by atoms with Crippen LogP contribution in [0.15, 0.2) is 0 Å². The van der Waals surface area contributed by atoms with Gasteiger partial charge in [0.1, 0.15) is 0 Å². The third-order valence-corrected chi connectivity index (χ3v) is 5.12. The van der Waals surface area contributed by atoms with Crippen LogP contribution in [0.25, 0.3) is 0 Å². The molecule has 2 rings (SSSR count). The van der Waals surface area contributed by atoms with Crippen molar-refractivity contribution in [2.75, 3.05) is 11.5 Å². The fraction of sp³-hybridized carbons (Fsp3) is 0.900. The van der Waals surface area contributed by atoms with Gasteiger partial charge in [0.15, 0.2) is 5.12 Å². The van der Waals surface area contributed by atoms with Crippen molar-refractivity contribution in [2.24, 2.45) is 5.92 Å². The lowest BCUT2D eigenvalue weighted by atomic mass is 9.90. The van der Waals surface area contributed by atoms with Crippen molar-refractivity contribution < 1.29 is 4.79 Å². The van der Waals surface area contributed by atoms with Crippen LogP contribution in [0.1, 0.15) is 32.1 Å². The third kappa shape index (κ3) is 3.21. The predicted octanol–water partition coefficient (Wildman–Crippen LogP) is 2.94. The summed E-state index contributed by atoms with van der Waals surface area (Å²) in [6.45, 7) is 0. The van der Waals surface area contributed by atoms with Gasteiger partial charge in [0.05, 0.1) is 0 Å². The Kier molecular flexibility index (Phi) is 3.61. The maximum atomic E-state index is 11.7. The minimum absolute atomic E-state index is 0.405.